The number of ether oxygens (including phenoxy) is 7. The number of rotatable bonds is 42. The van der Waals surface area contributed by atoms with Gasteiger partial charge >= 0.3 is 0 Å². The van der Waals surface area contributed by atoms with Crippen LogP contribution in [0.3, 0.4) is 0 Å². The molecule has 3 aliphatic carbocycles. The van der Waals surface area contributed by atoms with Crippen molar-refractivity contribution in [3.05, 3.63) is 0 Å². The van der Waals surface area contributed by atoms with Gasteiger partial charge in [0.25, 0.3) is 0 Å². The topological polar surface area (TPSA) is 392 Å². The van der Waals surface area contributed by atoms with Crippen LogP contribution in [-0.4, -0.2) is 255 Å². The maximum Gasteiger partial charge on any atom is 0.222 e. The highest BCUT2D eigenvalue weighted by Gasteiger charge is 2.44. The Hall–Kier alpha value is -3.29. The zero-order chi connectivity index (χ0) is 59.7. The van der Waals surface area contributed by atoms with Gasteiger partial charge in [0.2, 0.25) is 29.5 Å². The molecule has 3 saturated carbocycles. The third-order valence-corrected chi connectivity index (χ3v) is 15.7. The lowest BCUT2D eigenvalue weighted by Gasteiger charge is -2.40. The summed E-state index contributed by atoms with van der Waals surface area (Å²) in [6.07, 6.45) is -4.19. The molecule has 0 spiro atoms. The summed E-state index contributed by atoms with van der Waals surface area (Å²) < 4.78 is 41.0. The van der Waals surface area contributed by atoms with Crippen LogP contribution in [0.15, 0.2) is 0 Å². The van der Waals surface area contributed by atoms with E-state index in [-0.39, 0.29) is 197 Å². The van der Waals surface area contributed by atoms with E-state index < -0.39 is 65.8 Å². The number of carbonyl (C=O) groups excluding carboxylic acids is 5. The standard InChI is InChI=1S/C55H101N5O21/c1-35-41(26-38(29-61)52(72)49(35)69)79-20-7-16-57-45(65)12-23-76-32-55(60-48(68)11-5-10-44(64)56-15-6-19-75-4,33-77-24-13-46(66)58-17-8-21-80-42-27-39(30-62)53(73)50(70)36(42)2)34-78-25-14-47(67)59-18-9-22-81-43-28-40(31-63)54(74)51(71)37(43)3/h35-43,49-54,61-63,69-74H,5-34H2,1-4H3,(H,56,64)(H,57,65)(H,58,66)(H,59,67)(H,60,68)/t35?,36?,37?,38?,39?,40?,41-,42-,43-,49-,50-,51-,52+,53+,54+,55?/m1/s1. The van der Waals surface area contributed by atoms with Crippen molar-refractivity contribution in [3.8, 4) is 0 Å². The van der Waals surface area contributed by atoms with E-state index in [0.29, 0.717) is 58.1 Å². The van der Waals surface area contributed by atoms with Gasteiger partial charge in [-0.1, -0.05) is 20.8 Å². The summed E-state index contributed by atoms with van der Waals surface area (Å²) in [6, 6.07) is 0. The minimum absolute atomic E-state index is 0.0593. The van der Waals surface area contributed by atoms with Gasteiger partial charge in [0.1, 0.15) is 5.54 Å². The lowest BCUT2D eigenvalue weighted by molar-refractivity contribution is -0.144. The van der Waals surface area contributed by atoms with Gasteiger partial charge in [0.15, 0.2) is 0 Å². The number of amides is 5. The molecule has 6 unspecified atom stereocenters. The SMILES string of the molecule is COCCCNC(=O)CCCC(=O)NC(COCCC(=O)NCCCO[C@@H]1CC(CO)[C@H](O)[C@H](O)C1C)(COCCC(=O)NCCCO[C@@H]1CC(CO)[C@H](O)[C@H](O)C1C)COCCC(=O)NCCCO[C@@H]1CC(CO)[C@H](O)[C@H](O)C1C. The van der Waals surface area contributed by atoms with Crippen molar-refractivity contribution in [2.75, 3.05) is 119 Å². The molecule has 81 heavy (non-hydrogen) atoms. The molecule has 0 aromatic heterocycles. The lowest BCUT2D eigenvalue weighted by atomic mass is 9.77. The number of nitrogens with one attached hydrogen (secondary N) is 5. The second-order valence-electron chi connectivity index (χ2n) is 22.2. The average Bonchev–Trinajstić information content (AvgIpc) is 3.46. The Labute approximate surface area is 477 Å². The van der Waals surface area contributed by atoms with E-state index in [1.165, 1.54) is 0 Å². The van der Waals surface area contributed by atoms with Crippen LogP contribution in [-0.2, 0) is 57.1 Å². The van der Waals surface area contributed by atoms with Crippen molar-refractivity contribution in [3.63, 3.8) is 0 Å². The minimum Gasteiger partial charge on any atom is -0.396 e. The fourth-order valence-corrected chi connectivity index (χ4v) is 10.3. The molecule has 0 bridgehead atoms. The van der Waals surface area contributed by atoms with Crippen molar-refractivity contribution in [2.24, 2.45) is 35.5 Å². The zero-order valence-electron chi connectivity index (χ0n) is 48.3. The number of aliphatic hydroxyl groups excluding tert-OH is 9. The first-order valence-corrected chi connectivity index (χ1v) is 29.2. The number of methoxy groups -OCH3 is 1. The molecule has 26 heteroatoms. The normalized spacial score (nSPS) is 29.3. The van der Waals surface area contributed by atoms with Gasteiger partial charge in [0, 0.05) is 147 Å². The molecule has 3 aliphatic rings. The average molecular weight is 1170 g/mol. The fourth-order valence-electron chi connectivity index (χ4n) is 10.3. The maximum atomic E-state index is 13.7. The van der Waals surface area contributed by atoms with E-state index in [9.17, 15) is 69.9 Å². The molecule has 14 N–H and O–H groups in total. The molecule has 0 aliphatic heterocycles. The first-order chi connectivity index (χ1) is 38.8. The Morgan fingerprint density at radius 3 is 1.01 bits per heavy atom. The number of carbonyl (C=O) groups is 5. The zero-order valence-corrected chi connectivity index (χ0v) is 48.3. The van der Waals surface area contributed by atoms with Crippen molar-refractivity contribution in [1.29, 1.82) is 0 Å². The minimum atomic E-state index is -1.41. The molecule has 0 saturated heterocycles. The summed E-state index contributed by atoms with van der Waals surface area (Å²) in [5, 5.41) is 105. The van der Waals surface area contributed by atoms with Gasteiger partial charge in [-0.25, -0.2) is 0 Å². The van der Waals surface area contributed by atoms with Crippen LogP contribution in [0.5, 0.6) is 0 Å². The quantitative estimate of drug-likeness (QED) is 0.0274. The Bertz CT molecular complexity index is 1610. The molecule has 472 valence electrons. The van der Waals surface area contributed by atoms with Crippen LogP contribution in [0.2, 0.25) is 0 Å². The van der Waals surface area contributed by atoms with Gasteiger partial charge in [-0.15, -0.1) is 0 Å². The smallest absolute Gasteiger partial charge is 0.222 e. The maximum absolute atomic E-state index is 13.7. The highest BCUT2D eigenvalue weighted by Crippen LogP contribution is 2.34. The highest BCUT2D eigenvalue weighted by molar-refractivity contribution is 5.79. The second-order valence-corrected chi connectivity index (χ2v) is 22.2. The van der Waals surface area contributed by atoms with Crippen LogP contribution >= 0.6 is 0 Å². The molecular weight excluding hydrogens is 1070 g/mol. The van der Waals surface area contributed by atoms with Crippen molar-refractivity contribution < 1.29 is 103 Å². The Morgan fingerprint density at radius 1 is 0.407 bits per heavy atom. The largest absolute Gasteiger partial charge is 0.396 e. The molecule has 3 rings (SSSR count). The second kappa shape index (κ2) is 40.1. The summed E-state index contributed by atoms with van der Waals surface area (Å²) in [4.78, 5) is 64.9. The van der Waals surface area contributed by atoms with Gasteiger partial charge in [-0.2, -0.15) is 0 Å². The number of hydrogen-bond acceptors (Lipinski definition) is 21. The van der Waals surface area contributed by atoms with Crippen molar-refractivity contribution >= 4 is 29.5 Å². The van der Waals surface area contributed by atoms with Crippen molar-refractivity contribution in [1.82, 2.24) is 26.6 Å². The van der Waals surface area contributed by atoms with E-state index in [1.807, 2.05) is 0 Å². The van der Waals surface area contributed by atoms with E-state index in [1.54, 1.807) is 27.9 Å². The predicted molar refractivity (Wildman–Crippen MR) is 292 cm³/mol. The van der Waals surface area contributed by atoms with Crippen LogP contribution < -0.4 is 26.6 Å². The summed E-state index contributed by atoms with van der Waals surface area (Å²) >= 11 is 0. The molecule has 26 nitrogen and oxygen atoms in total. The van der Waals surface area contributed by atoms with Crippen LogP contribution in [0.25, 0.3) is 0 Å². The van der Waals surface area contributed by atoms with E-state index >= 15 is 0 Å². The monoisotopic (exact) mass is 1170 g/mol. The molecule has 0 radical (unpaired) electrons. The number of hydrogen-bond donors (Lipinski definition) is 14. The van der Waals surface area contributed by atoms with Gasteiger partial charge in [-0.05, 0) is 51.4 Å². The fraction of sp³-hybridized carbons (Fsp3) is 0.909. The van der Waals surface area contributed by atoms with Crippen molar-refractivity contribution in [2.45, 2.75) is 165 Å². The highest BCUT2D eigenvalue weighted by atomic mass is 16.5. The first kappa shape index (κ1) is 72.0. The summed E-state index contributed by atoms with van der Waals surface area (Å²) in [7, 11) is 1.57. The van der Waals surface area contributed by atoms with E-state index in [4.69, 9.17) is 33.2 Å². The molecule has 5 amide bonds. The number of aliphatic hydroxyl groups is 9. The van der Waals surface area contributed by atoms with Gasteiger partial charge < -0.3 is 106 Å². The van der Waals surface area contributed by atoms with Crippen LogP contribution in [0.4, 0.5) is 0 Å². The molecule has 15 atom stereocenters. The Morgan fingerprint density at radius 2 is 0.704 bits per heavy atom. The summed E-state index contributed by atoms with van der Waals surface area (Å²) in [5.74, 6) is -4.24. The molecule has 0 aromatic carbocycles. The predicted octanol–water partition coefficient (Wildman–Crippen LogP) is -2.83. The van der Waals surface area contributed by atoms with Crippen LogP contribution in [0, 0.1) is 35.5 Å². The molecular formula is C55H101N5O21. The Kier molecular flexibility index (Phi) is 35.6. The first-order valence-electron chi connectivity index (χ1n) is 29.2. The third kappa shape index (κ3) is 26.3. The van der Waals surface area contributed by atoms with Crippen LogP contribution in [0.1, 0.15) is 104 Å². The molecule has 0 heterocycles. The molecule has 3 fully saturated rings. The van der Waals surface area contributed by atoms with E-state index in [0.717, 1.165) is 0 Å². The van der Waals surface area contributed by atoms with E-state index in [2.05, 4.69) is 26.6 Å². The third-order valence-electron chi connectivity index (χ3n) is 15.7. The summed E-state index contributed by atoms with van der Waals surface area (Å²) in [6.45, 7) is 6.04. The van der Waals surface area contributed by atoms with Gasteiger partial charge in [0.05, 0.1) is 94.6 Å². The lowest BCUT2D eigenvalue weighted by Crippen LogP contribution is -2.58. The Balaban J connectivity index is 1.59. The summed E-state index contributed by atoms with van der Waals surface area (Å²) in [5.41, 5.74) is -1.41. The molecule has 0 aromatic rings. The van der Waals surface area contributed by atoms with Gasteiger partial charge in [-0.3, -0.25) is 24.0 Å².